The first kappa shape index (κ1) is 15.4. The van der Waals surface area contributed by atoms with Gasteiger partial charge < -0.3 is 14.8 Å². The van der Waals surface area contributed by atoms with Crippen LogP contribution in [0.3, 0.4) is 0 Å². The molecular weight excluding hydrogens is 318 g/mol. The number of nitrogens with one attached hydrogen (secondary N) is 1. The highest BCUT2D eigenvalue weighted by Gasteiger charge is 2.16. The lowest BCUT2D eigenvalue weighted by atomic mass is 10.00. The summed E-state index contributed by atoms with van der Waals surface area (Å²) in [5.74, 6) is 2.15. The molecule has 20 heavy (non-hydrogen) atoms. The summed E-state index contributed by atoms with van der Waals surface area (Å²) in [4.78, 5) is 0. The summed E-state index contributed by atoms with van der Waals surface area (Å²) >= 11 is 3.56. The first-order valence-corrected chi connectivity index (χ1v) is 7.91. The Kier molecular flexibility index (Phi) is 5.49. The van der Waals surface area contributed by atoms with E-state index in [0.717, 1.165) is 34.6 Å². The fourth-order valence-corrected chi connectivity index (χ4v) is 2.69. The van der Waals surface area contributed by atoms with Gasteiger partial charge in [-0.05, 0) is 46.1 Å². The molecule has 0 aromatic heterocycles. The molecule has 0 bridgehead atoms. The van der Waals surface area contributed by atoms with Crippen LogP contribution in [0.4, 0.5) is 0 Å². The van der Waals surface area contributed by atoms with Crippen molar-refractivity contribution in [2.24, 2.45) is 5.92 Å². The minimum Gasteiger partial charge on any atom is -0.486 e. The van der Waals surface area contributed by atoms with Gasteiger partial charge in [0.15, 0.2) is 11.5 Å². The highest BCUT2D eigenvalue weighted by Crippen LogP contribution is 2.39. The van der Waals surface area contributed by atoms with Crippen LogP contribution in [0.5, 0.6) is 11.5 Å². The van der Waals surface area contributed by atoms with Crippen molar-refractivity contribution in [3.8, 4) is 11.5 Å². The molecule has 1 N–H and O–H groups in total. The Balaban J connectivity index is 2.29. The van der Waals surface area contributed by atoms with Crippen LogP contribution in [0.2, 0.25) is 0 Å². The molecule has 0 unspecified atom stereocenters. The third kappa shape index (κ3) is 3.76. The zero-order valence-electron chi connectivity index (χ0n) is 12.3. The Bertz CT molecular complexity index is 497. The van der Waals surface area contributed by atoms with Crippen molar-refractivity contribution in [2.75, 3.05) is 26.3 Å². The molecule has 1 aliphatic rings. The standard InChI is InChI=1S/C16H22BrNO2/c1-4-18-10-13(11(2)3)7-12-8-14(17)16-15(9-12)19-5-6-20-16/h7-9,11,18H,4-6,10H2,1-3H3. The van der Waals surface area contributed by atoms with Gasteiger partial charge in [-0.15, -0.1) is 0 Å². The summed E-state index contributed by atoms with van der Waals surface area (Å²) in [6, 6.07) is 4.13. The van der Waals surface area contributed by atoms with Gasteiger partial charge >= 0.3 is 0 Å². The van der Waals surface area contributed by atoms with E-state index in [0.29, 0.717) is 19.1 Å². The second-order valence-corrected chi connectivity index (χ2v) is 6.04. The number of rotatable bonds is 5. The van der Waals surface area contributed by atoms with Crippen molar-refractivity contribution < 1.29 is 9.47 Å². The van der Waals surface area contributed by atoms with E-state index in [1.165, 1.54) is 5.57 Å². The second kappa shape index (κ2) is 7.14. The smallest absolute Gasteiger partial charge is 0.175 e. The topological polar surface area (TPSA) is 30.5 Å². The number of benzene rings is 1. The van der Waals surface area contributed by atoms with Crippen molar-refractivity contribution in [1.82, 2.24) is 5.32 Å². The fourth-order valence-electron chi connectivity index (χ4n) is 2.12. The van der Waals surface area contributed by atoms with Gasteiger partial charge in [0.05, 0.1) is 4.47 Å². The number of halogens is 1. The maximum absolute atomic E-state index is 5.67. The molecule has 2 rings (SSSR count). The molecular formula is C16H22BrNO2. The van der Waals surface area contributed by atoms with Gasteiger partial charge in [0.1, 0.15) is 13.2 Å². The maximum Gasteiger partial charge on any atom is 0.175 e. The number of hydrogen-bond donors (Lipinski definition) is 1. The van der Waals surface area contributed by atoms with Crippen LogP contribution in [0.25, 0.3) is 6.08 Å². The van der Waals surface area contributed by atoms with Gasteiger partial charge in [-0.2, -0.15) is 0 Å². The summed E-state index contributed by atoms with van der Waals surface area (Å²) in [7, 11) is 0. The van der Waals surface area contributed by atoms with Gasteiger partial charge in [0.2, 0.25) is 0 Å². The highest BCUT2D eigenvalue weighted by atomic mass is 79.9. The maximum atomic E-state index is 5.67. The van der Waals surface area contributed by atoms with Crippen LogP contribution in [0, 0.1) is 5.92 Å². The van der Waals surface area contributed by atoms with Crippen molar-refractivity contribution in [2.45, 2.75) is 20.8 Å². The quantitative estimate of drug-likeness (QED) is 0.883. The molecule has 0 saturated carbocycles. The van der Waals surface area contributed by atoms with Crippen LogP contribution >= 0.6 is 15.9 Å². The Morgan fingerprint density at radius 1 is 1.35 bits per heavy atom. The normalized spacial score (nSPS) is 14.8. The minimum absolute atomic E-state index is 0.515. The van der Waals surface area contributed by atoms with Gasteiger partial charge in [-0.3, -0.25) is 0 Å². The lowest BCUT2D eigenvalue weighted by molar-refractivity contribution is 0.170. The van der Waals surface area contributed by atoms with E-state index in [9.17, 15) is 0 Å². The van der Waals surface area contributed by atoms with Gasteiger partial charge in [-0.25, -0.2) is 0 Å². The third-order valence-electron chi connectivity index (χ3n) is 3.29. The molecule has 3 nitrogen and oxygen atoms in total. The molecule has 0 aliphatic carbocycles. The summed E-state index contributed by atoms with van der Waals surface area (Å²) < 4.78 is 12.2. The molecule has 1 aromatic carbocycles. The predicted octanol–water partition coefficient (Wildman–Crippen LogP) is 3.87. The molecule has 0 atom stereocenters. The monoisotopic (exact) mass is 339 g/mol. The van der Waals surface area contributed by atoms with E-state index in [-0.39, 0.29) is 0 Å². The molecule has 0 spiro atoms. The number of fused-ring (bicyclic) bond motifs is 1. The van der Waals surface area contributed by atoms with E-state index >= 15 is 0 Å². The zero-order chi connectivity index (χ0) is 14.5. The largest absolute Gasteiger partial charge is 0.486 e. The average molecular weight is 340 g/mol. The number of likely N-dealkylation sites (N-methyl/N-ethyl adjacent to an activating group) is 1. The fraction of sp³-hybridized carbons (Fsp3) is 0.500. The lowest BCUT2D eigenvalue weighted by Crippen LogP contribution is -2.18. The first-order chi connectivity index (χ1) is 9.61. The Labute approximate surface area is 129 Å². The molecule has 0 amide bonds. The Morgan fingerprint density at radius 3 is 2.80 bits per heavy atom. The second-order valence-electron chi connectivity index (χ2n) is 5.18. The van der Waals surface area contributed by atoms with E-state index in [4.69, 9.17) is 9.47 Å². The summed E-state index contributed by atoms with van der Waals surface area (Å²) in [6.45, 7) is 9.68. The van der Waals surface area contributed by atoms with E-state index in [2.05, 4.69) is 54.2 Å². The lowest BCUT2D eigenvalue weighted by Gasteiger charge is -2.20. The van der Waals surface area contributed by atoms with Crippen LogP contribution in [0.15, 0.2) is 22.2 Å². The van der Waals surface area contributed by atoms with E-state index < -0.39 is 0 Å². The first-order valence-electron chi connectivity index (χ1n) is 7.12. The number of ether oxygens (including phenoxy) is 2. The van der Waals surface area contributed by atoms with Crippen molar-refractivity contribution in [3.05, 3.63) is 27.7 Å². The third-order valence-corrected chi connectivity index (χ3v) is 3.88. The van der Waals surface area contributed by atoms with Gasteiger partial charge in [-0.1, -0.05) is 32.4 Å². The Hall–Kier alpha value is -1.00. The molecule has 1 aromatic rings. The van der Waals surface area contributed by atoms with Crippen molar-refractivity contribution >= 4 is 22.0 Å². The average Bonchev–Trinajstić information content (AvgIpc) is 2.43. The molecule has 1 heterocycles. The number of hydrogen-bond acceptors (Lipinski definition) is 3. The SMILES string of the molecule is CCNCC(=Cc1cc(Br)c2c(c1)OCCO2)C(C)C. The van der Waals surface area contributed by atoms with Crippen LogP contribution < -0.4 is 14.8 Å². The highest BCUT2D eigenvalue weighted by molar-refractivity contribution is 9.10. The molecule has 1 aliphatic heterocycles. The van der Waals surface area contributed by atoms with Crippen LogP contribution in [0.1, 0.15) is 26.3 Å². The zero-order valence-corrected chi connectivity index (χ0v) is 13.9. The van der Waals surface area contributed by atoms with Crippen LogP contribution in [-0.4, -0.2) is 26.3 Å². The summed E-state index contributed by atoms with van der Waals surface area (Å²) in [5.41, 5.74) is 2.53. The minimum atomic E-state index is 0.515. The molecule has 110 valence electrons. The van der Waals surface area contributed by atoms with Gasteiger partial charge in [0, 0.05) is 6.54 Å². The molecule has 0 saturated heterocycles. The molecule has 0 fully saturated rings. The van der Waals surface area contributed by atoms with Gasteiger partial charge in [0.25, 0.3) is 0 Å². The summed E-state index contributed by atoms with van der Waals surface area (Å²) in [6.07, 6.45) is 2.23. The van der Waals surface area contributed by atoms with E-state index in [1.807, 2.05) is 6.07 Å². The van der Waals surface area contributed by atoms with Crippen LogP contribution in [-0.2, 0) is 0 Å². The van der Waals surface area contributed by atoms with E-state index in [1.54, 1.807) is 0 Å². The van der Waals surface area contributed by atoms with Crippen molar-refractivity contribution in [3.63, 3.8) is 0 Å². The van der Waals surface area contributed by atoms with Crippen molar-refractivity contribution in [1.29, 1.82) is 0 Å². The predicted molar refractivity (Wildman–Crippen MR) is 86.5 cm³/mol. The Morgan fingerprint density at radius 2 is 2.10 bits per heavy atom. The molecule has 0 radical (unpaired) electrons. The summed E-state index contributed by atoms with van der Waals surface area (Å²) in [5, 5.41) is 3.39. The molecule has 4 heteroatoms.